The Bertz CT molecular complexity index is 184. The highest BCUT2D eigenvalue weighted by Gasteiger charge is 2.15. The summed E-state index contributed by atoms with van der Waals surface area (Å²) in [6, 6.07) is 0. The quantitative estimate of drug-likeness (QED) is 0.551. The lowest BCUT2D eigenvalue weighted by Crippen LogP contribution is -2.28. The van der Waals surface area contributed by atoms with Crippen LogP contribution in [0.5, 0.6) is 0 Å². The number of nitrogens with zero attached hydrogens (tertiary/aromatic N) is 1. The summed E-state index contributed by atoms with van der Waals surface area (Å²) in [4.78, 5) is 13.2. The Kier molecular flexibility index (Phi) is 2.69. The van der Waals surface area contributed by atoms with E-state index in [0.717, 1.165) is 19.5 Å². The van der Waals surface area contributed by atoms with Crippen molar-refractivity contribution in [3.05, 3.63) is 11.6 Å². The Labute approximate surface area is 67.9 Å². The predicted octanol–water partition coefficient (Wildman–Crippen LogP) is 1.58. The van der Waals surface area contributed by atoms with Crippen molar-refractivity contribution in [2.45, 2.75) is 26.7 Å². The fourth-order valence-corrected chi connectivity index (χ4v) is 1.26. The highest BCUT2D eigenvalue weighted by Crippen LogP contribution is 2.09. The van der Waals surface area contributed by atoms with Crippen molar-refractivity contribution in [1.82, 2.24) is 4.90 Å². The van der Waals surface area contributed by atoms with Crippen LogP contribution >= 0.6 is 0 Å². The van der Waals surface area contributed by atoms with E-state index in [1.54, 1.807) is 0 Å². The second kappa shape index (κ2) is 3.56. The van der Waals surface area contributed by atoms with Crippen LogP contribution in [0.3, 0.4) is 0 Å². The predicted molar refractivity (Wildman–Crippen MR) is 45.2 cm³/mol. The largest absolute Gasteiger partial charge is 0.335 e. The number of hydrogen-bond donors (Lipinski definition) is 0. The van der Waals surface area contributed by atoms with Gasteiger partial charge >= 0.3 is 0 Å². The van der Waals surface area contributed by atoms with E-state index in [2.05, 4.69) is 13.0 Å². The van der Waals surface area contributed by atoms with Crippen LogP contribution < -0.4 is 0 Å². The summed E-state index contributed by atoms with van der Waals surface area (Å²) in [5.41, 5.74) is 1.31. The fourth-order valence-electron chi connectivity index (χ4n) is 1.26. The van der Waals surface area contributed by atoms with E-state index < -0.39 is 0 Å². The molecule has 0 aliphatic carbocycles. The number of rotatable bonds is 2. The van der Waals surface area contributed by atoms with Gasteiger partial charge < -0.3 is 4.90 Å². The van der Waals surface area contributed by atoms with Crippen LogP contribution in [0.2, 0.25) is 0 Å². The van der Waals surface area contributed by atoms with Crippen LogP contribution in [-0.4, -0.2) is 23.9 Å². The van der Waals surface area contributed by atoms with Gasteiger partial charge in [0.2, 0.25) is 5.91 Å². The Morgan fingerprint density at radius 1 is 1.73 bits per heavy atom. The molecule has 0 unspecified atom stereocenters. The van der Waals surface area contributed by atoms with E-state index in [4.69, 9.17) is 0 Å². The summed E-state index contributed by atoms with van der Waals surface area (Å²) in [5, 5.41) is 0. The van der Waals surface area contributed by atoms with Crippen LogP contribution in [-0.2, 0) is 4.79 Å². The second-order valence-corrected chi connectivity index (χ2v) is 3.07. The molecule has 1 heterocycles. The molecule has 0 spiro atoms. The number of carbonyl (C=O) groups excluding carboxylic acids is 1. The molecule has 0 aromatic rings. The molecular weight excluding hydrogens is 138 g/mol. The lowest BCUT2D eigenvalue weighted by Gasteiger charge is -2.14. The first-order valence-electron chi connectivity index (χ1n) is 4.17. The molecule has 2 nitrogen and oxygen atoms in total. The van der Waals surface area contributed by atoms with Crippen LogP contribution in [0.25, 0.3) is 0 Å². The summed E-state index contributed by atoms with van der Waals surface area (Å²) >= 11 is 0. The molecule has 0 aromatic carbocycles. The zero-order valence-corrected chi connectivity index (χ0v) is 7.26. The second-order valence-electron chi connectivity index (χ2n) is 3.07. The van der Waals surface area contributed by atoms with Gasteiger partial charge in [-0.1, -0.05) is 18.6 Å². The van der Waals surface area contributed by atoms with Gasteiger partial charge in [-0.2, -0.15) is 0 Å². The molecular formula is C9H15NO. The number of hydrogen-bond acceptors (Lipinski definition) is 1. The normalized spacial score (nSPS) is 16.9. The maximum Gasteiger partial charge on any atom is 0.223 e. The minimum absolute atomic E-state index is 0.292. The first kappa shape index (κ1) is 8.31. The molecule has 1 rings (SSSR count). The van der Waals surface area contributed by atoms with Gasteiger partial charge in [0, 0.05) is 19.5 Å². The number of amides is 1. The van der Waals surface area contributed by atoms with Gasteiger partial charge in [-0.15, -0.1) is 0 Å². The smallest absolute Gasteiger partial charge is 0.223 e. The van der Waals surface area contributed by atoms with Crippen LogP contribution in [0.15, 0.2) is 11.6 Å². The first-order valence-corrected chi connectivity index (χ1v) is 4.17. The maximum atomic E-state index is 11.3. The van der Waals surface area contributed by atoms with Crippen molar-refractivity contribution in [1.29, 1.82) is 0 Å². The van der Waals surface area contributed by atoms with Crippen molar-refractivity contribution in [2.24, 2.45) is 0 Å². The standard InChI is InChI=1S/C9H15NO/c1-3-4-9(11)10-6-5-8(2)7-10/h5H,3-4,6-7H2,1-2H3. The highest BCUT2D eigenvalue weighted by molar-refractivity contribution is 5.77. The van der Waals surface area contributed by atoms with E-state index in [0.29, 0.717) is 12.3 Å². The molecule has 11 heavy (non-hydrogen) atoms. The molecule has 0 bridgehead atoms. The van der Waals surface area contributed by atoms with Crippen LogP contribution in [0.4, 0.5) is 0 Å². The lowest BCUT2D eigenvalue weighted by molar-refractivity contribution is -0.129. The molecule has 1 aliphatic rings. The van der Waals surface area contributed by atoms with Crippen molar-refractivity contribution in [3.8, 4) is 0 Å². The summed E-state index contributed by atoms with van der Waals surface area (Å²) in [6.07, 6.45) is 3.77. The number of carbonyl (C=O) groups is 1. The maximum absolute atomic E-state index is 11.3. The zero-order valence-electron chi connectivity index (χ0n) is 7.26. The molecule has 0 atom stereocenters. The monoisotopic (exact) mass is 153 g/mol. The molecule has 0 aromatic heterocycles. The third kappa shape index (κ3) is 2.07. The van der Waals surface area contributed by atoms with Crippen molar-refractivity contribution < 1.29 is 4.79 Å². The van der Waals surface area contributed by atoms with E-state index in [1.165, 1.54) is 5.57 Å². The molecule has 2 heteroatoms. The Balaban J connectivity index is 2.34. The SMILES string of the molecule is CCCC(=O)N1CC=C(C)C1. The Hall–Kier alpha value is -0.790. The first-order chi connectivity index (χ1) is 5.24. The molecule has 1 amide bonds. The fraction of sp³-hybridized carbons (Fsp3) is 0.667. The summed E-state index contributed by atoms with van der Waals surface area (Å²) in [5.74, 6) is 0.292. The van der Waals surface area contributed by atoms with Crippen LogP contribution in [0.1, 0.15) is 26.7 Å². The summed E-state index contributed by atoms with van der Waals surface area (Å²) in [7, 11) is 0. The van der Waals surface area contributed by atoms with Gasteiger partial charge in [0.05, 0.1) is 0 Å². The molecule has 62 valence electrons. The van der Waals surface area contributed by atoms with Gasteiger partial charge in [-0.05, 0) is 13.3 Å². The van der Waals surface area contributed by atoms with Crippen LogP contribution in [0, 0.1) is 0 Å². The minimum atomic E-state index is 0.292. The van der Waals surface area contributed by atoms with E-state index in [9.17, 15) is 4.79 Å². The highest BCUT2D eigenvalue weighted by atomic mass is 16.2. The van der Waals surface area contributed by atoms with Gasteiger partial charge in [0.1, 0.15) is 0 Å². The van der Waals surface area contributed by atoms with E-state index >= 15 is 0 Å². The average Bonchev–Trinajstić information content (AvgIpc) is 2.36. The Morgan fingerprint density at radius 2 is 2.45 bits per heavy atom. The molecule has 0 fully saturated rings. The van der Waals surface area contributed by atoms with Crippen molar-refractivity contribution >= 4 is 5.91 Å². The minimum Gasteiger partial charge on any atom is -0.335 e. The van der Waals surface area contributed by atoms with E-state index in [1.807, 2.05) is 11.8 Å². The van der Waals surface area contributed by atoms with Crippen molar-refractivity contribution in [2.75, 3.05) is 13.1 Å². The van der Waals surface area contributed by atoms with E-state index in [-0.39, 0.29) is 0 Å². The van der Waals surface area contributed by atoms with Gasteiger partial charge in [-0.25, -0.2) is 0 Å². The third-order valence-electron chi connectivity index (χ3n) is 1.92. The Morgan fingerprint density at radius 3 is 2.91 bits per heavy atom. The lowest BCUT2D eigenvalue weighted by atomic mass is 10.3. The van der Waals surface area contributed by atoms with Gasteiger partial charge in [-0.3, -0.25) is 4.79 Å². The van der Waals surface area contributed by atoms with Crippen molar-refractivity contribution in [3.63, 3.8) is 0 Å². The molecule has 1 aliphatic heterocycles. The topological polar surface area (TPSA) is 20.3 Å². The molecule has 0 saturated heterocycles. The molecule has 0 N–H and O–H groups in total. The zero-order chi connectivity index (χ0) is 8.27. The summed E-state index contributed by atoms with van der Waals surface area (Å²) in [6.45, 7) is 5.77. The molecule has 0 saturated carbocycles. The van der Waals surface area contributed by atoms with Gasteiger partial charge in [0.15, 0.2) is 0 Å². The third-order valence-corrected chi connectivity index (χ3v) is 1.92. The summed E-state index contributed by atoms with van der Waals surface area (Å²) < 4.78 is 0. The van der Waals surface area contributed by atoms with Gasteiger partial charge in [0.25, 0.3) is 0 Å². The average molecular weight is 153 g/mol. The molecule has 0 radical (unpaired) electrons.